The predicted octanol–water partition coefficient (Wildman–Crippen LogP) is 0.906. The highest BCUT2D eigenvalue weighted by atomic mass is 16.5. The first kappa shape index (κ1) is 12.6. The van der Waals surface area contributed by atoms with Crippen LogP contribution in [0.5, 0.6) is 0 Å². The summed E-state index contributed by atoms with van der Waals surface area (Å²) in [6.45, 7) is 8.20. The average molecular weight is 186 g/mol. The molecule has 0 aliphatic rings. The van der Waals surface area contributed by atoms with E-state index in [1.54, 1.807) is 7.11 Å². The van der Waals surface area contributed by atoms with E-state index in [1.807, 2.05) is 6.92 Å². The summed E-state index contributed by atoms with van der Waals surface area (Å²) < 4.78 is 5.10. The maximum Gasteiger partial charge on any atom is 0.0615 e. The minimum absolute atomic E-state index is 0.408. The Balaban J connectivity index is 3.59. The average Bonchev–Trinajstić information content (AvgIpc) is 2.09. The lowest BCUT2D eigenvalue weighted by Gasteiger charge is -2.17. The van der Waals surface area contributed by atoms with Gasteiger partial charge in [-0.25, -0.2) is 0 Å². The van der Waals surface area contributed by atoms with E-state index in [0.717, 1.165) is 38.1 Å². The maximum absolute atomic E-state index is 5.44. The van der Waals surface area contributed by atoms with E-state index in [-0.39, 0.29) is 0 Å². The standard InChI is InChI=1S/C10H22N2O/c1-9(2)7-12-10(8-13-3)5-4-6-11/h10,12H,1,4-8,11H2,2-3H3. The number of methoxy groups -OCH3 is 1. The number of rotatable bonds is 8. The number of nitrogens with one attached hydrogen (secondary N) is 1. The first-order valence-electron chi connectivity index (χ1n) is 4.77. The van der Waals surface area contributed by atoms with E-state index in [2.05, 4.69) is 11.9 Å². The SMILES string of the molecule is C=C(C)CNC(CCCN)COC. The van der Waals surface area contributed by atoms with Gasteiger partial charge in [0.15, 0.2) is 0 Å². The van der Waals surface area contributed by atoms with E-state index < -0.39 is 0 Å². The zero-order valence-electron chi connectivity index (χ0n) is 8.81. The molecule has 0 radical (unpaired) electrons. The van der Waals surface area contributed by atoms with Crippen LogP contribution in [0.1, 0.15) is 19.8 Å². The zero-order chi connectivity index (χ0) is 10.1. The van der Waals surface area contributed by atoms with Gasteiger partial charge in [-0.15, -0.1) is 0 Å². The molecule has 0 bridgehead atoms. The molecule has 0 aliphatic heterocycles. The van der Waals surface area contributed by atoms with Gasteiger partial charge in [-0.05, 0) is 26.3 Å². The van der Waals surface area contributed by atoms with E-state index >= 15 is 0 Å². The van der Waals surface area contributed by atoms with Gasteiger partial charge in [0, 0.05) is 19.7 Å². The third-order valence-electron chi connectivity index (χ3n) is 1.82. The molecule has 78 valence electrons. The maximum atomic E-state index is 5.44. The van der Waals surface area contributed by atoms with Gasteiger partial charge in [-0.1, -0.05) is 12.2 Å². The molecule has 0 aliphatic carbocycles. The third-order valence-corrected chi connectivity index (χ3v) is 1.82. The van der Waals surface area contributed by atoms with Crippen LogP contribution in [-0.2, 0) is 4.74 Å². The highest BCUT2D eigenvalue weighted by Gasteiger charge is 2.05. The summed E-state index contributed by atoms with van der Waals surface area (Å²) in [5.41, 5.74) is 6.59. The molecule has 0 saturated heterocycles. The first-order chi connectivity index (χ1) is 6.20. The van der Waals surface area contributed by atoms with Gasteiger partial charge in [-0.2, -0.15) is 0 Å². The van der Waals surface area contributed by atoms with Crippen molar-refractivity contribution in [2.45, 2.75) is 25.8 Å². The molecule has 0 fully saturated rings. The topological polar surface area (TPSA) is 47.3 Å². The van der Waals surface area contributed by atoms with Gasteiger partial charge in [0.25, 0.3) is 0 Å². The zero-order valence-corrected chi connectivity index (χ0v) is 8.81. The van der Waals surface area contributed by atoms with Crippen LogP contribution >= 0.6 is 0 Å². The van der Waals surface area contributed by atoms with Crippen LogP contribution < -0.4 is 11.1 Å². The van der Waals surface area contributed by atoms with Crippen LogP contribution in [0.3, 0.4) is 0 Å². The van der Waals surface area contributed by atoms with Crippen molar-refractivity contribution >= 4 is 0 Å². The summed E-state index contributed by atoms with van der Waals surface area (Å²) in [6, 6.07) is 0.408. The Labute approximate surface area is 81.3 Å². The molecule has 13 heavy (non-hydrogen) atoms. The fraction of sp³-hybridized carbons (Fsp3) is 0.800. The summed E-state index contributed by atoms with van der Waals surface area (Å²) in [5, 5.41) is 3.37. The monoisotopic (exact) mass is 186 g/mol. The summed E-state index contributed by atoms with van der Waals surface area (Å²) in [7, 11) is 1.72. The molecule has 3 heteroatoms. The summed E-state index contributed by atoms with van der Waals surface area (Å²) in [6.07, 6.45) is 2.11. The van der Waals surface area contributed by atoms with Crippen molar-refractivity contribution in [2.24, 2.45) is 5.73 Å². The lowest BCUT2D eigenvalue weighted by atomic mass is 10.1. The number of ether oxygens (including phenoxy) is 1. The van der Waals surface area contributed by atoms with Gasteiger partial charge in [-0.3, -0.25) is 0 Å². The first-order valence-corrected chi connectivity index (χ1v) is 4.77. The predicted molar refractivity (Wildman–Crippen MR) is 56.8 cm³/mol. The largest absolute Gasteiger partial charge is 0.383 e. The van der Waals surface area contributed by atoms with Crippen LogP contribution in [0, 0.1) is 0 Å². The van der Waals surface area contributed by atoms with Crippen molar-refractivity contribution < 1.29 is 4.74 Å². The summed E-state index contributed by atoms with van der Waals surface area (Å²) >= 11 is 0. The molecule has 0 heterocycles. The normalized spacial score (nSPS) is 12.8. The highest BCUT2D eigenvalue weighted by Crippen LogP contribution is 1.97. The molecular formula is C10H22N2O. The Kier molecular flexibility index (Phi) is 7.99. The Morgan fingerprint density at radius 1 is 1.62 bits per heavy atom. The lowest BCUT2D eigenvalue weighted by Crippen LogP contribution is -2.34. The Morgan fingerprint density at radius 2 is 2.31 bits per heavy atom. The molecule has 0 rings (SSSR count). The minimum atomic E-state index is 0.408. The smallest absolute Gasteiger partial charge is 0.0615 e. The van der Waals surface area contributed by atoms with Crippen molar-refractivity contribution in [2.75, 3.05) is 26.8 Å². The van der Waals surface area contributed by atoms with E-state index in [9.17, 15) is 0 Å². The number of hydrogen-bond donors (Lipinski definition) is 2. The van der Waals surface area contributed by atoms with Gasteiger partial charge in [0.1, 0.15) is 0 Å². The molecule has 3 N–H and O–H groups in total. The molecule has 0 spiro atoms. The molecule has 0 aromatic rings. The van der Waals surface area contributed by atoms with Gasteiger partial charge < -0.3 is 15.8 Å². The Hall–Kier alpha value is -0.380. The van der Waals surface area contributed by atoms with E-state index in [0.29, 0.717) is 6.04 Å². The Morgan fingerprint density at radius 3 is 2.77 bits per heavy atom. The van der Waals surface area contributed by atoms with Gasteiger partial charge in [0.2, 0.25) is 0 Å². The second-order valence-electron chi connectivity index (χ2n) is 3.42. The van der Waals surface area contributed by atoms with E-state index in [4.69, 9.17) is 10.5 Å². The van der Waals surface area contributed by atoms with Gasteiger partial charge >= 0.3 is 0 Å². The molecule has 0 aromatic heterocycles. The molecule has 0 aromatic carbocycles. The van der Waals surface area contributed by atoms with Crippen molar-refractivity contribution in [3.63, 3.8) is 0 Å². The summed E-state index contributed by atoms with van der Waals surface area (Å²) in [5.74, 6) is 0. The van der Waals surface area contributed by atoms with Crippen molar-refractivity contribution in [3.8, 4) is 0 Å². The third kappa shape index (κ3) is 7.96. The minimum Gasteiger partial charge on any atom is -0.383 e. The van der Waals surface area contributed by atoms with Crippen LogP contribution in [0.25, 0.3) is 0 Å². The van der Waals surface area contributed by atoms with Gasteiger partial charge in [0.05, 0.1) is 6.61 Å². The number of hydrogen-bond acceptors (Lipinski definition) is 3. The molecule has 3 nitrogen and oxygen atoms in total. The van der Waals surface area contributed by atoms with Crippen molar-refractivity contribution in [1.29, 1.82) is 0 Å². The van der Waals surface area contributed by atoms with Crippen LogP contribution in [0.15, 0.2) is 12.2 Å². The van der Waals surface area contributed by atoms with Crippen LogP contribution in [-0.4, -0.2) is 32.8 Å². The number of nitrogens with two attached hydrogens (primary N) is 1. The van der Waals surface area contributed by atoms with Crippen LogP contribution in [0.4, 0.5) is 0 Å². The second kappa shape index (κ2) is 8.23. The summed E-state index contributed by atoms with van der Waals surface area (Å²) in [4.78, 5) is 0. The molecule has 1 atom stereocenters. The fourth-order valence-electron chi connectivity index (χ4n) is 1.13. The highest BCUT2D eigenvalue weighted by molar-refractivity contribution is 4.91. The quantitative estimate of drug-likeness (QED) is 0.554. The molecule has 0 amide bonds. The molecular weight excluding hydrogens is 164 g/mol. The van der Waals surface area contributed by atoms with E-state index in [1.165, 1.54) is 0 Å². The van der Waals surface area contributed by atoms with Crippen molar-refractivity contribution in [3.05, 3.63) is 12.2 Å². The van der Waals surface area contributed by atoms with Crippen LogP contribution in [0.2, 0.25) is 0 Å². The Bertz CT molecular complexity index is 137. The fourth-order valence-corrected chi connectivity index (χ4v) is 1.13. The van der Waals surface area contributed by atoms with Crippen molar-refractivity contribution in [1.82, 2.24) is 5.32 Å². The second-order valence-corrected chi connectivity index (χ2v) is 3.42. The molecule has 0 saturated carbocycles. The molecule has 1 unspecified atom stereocenters. The lowest BCUT2D eigenvalue weighted by molar-refractivity contribution is 0.163.